The lowest BCUT2D eigenvalue weighted by Crippen LogP contribution is -2.43. The van der Waals surface area contributed by atoms with Crippen molar-refractivity contribution in [1.29, 1.82) is 0 Å². The summed E-state index contributed by atoms with van der Waals surface area (Å²) in [6.07, 6.45) is 2.08. The molecule has 0 saturated heterocycles. The summed E-state index contributed by atoms with van der Waals surface area (Å²) >= 11 is 0. The largest absolute Gasteiger partial charge is 0.352 e. The van der Waals surface area contributed by atoms with E-state index >= 15 is 0 Å². The second-order valence-electron chi connectivity index (χ2n) is 6.10. The van der Waals surface area contributed by atoms with Gasteiger partial charge in [0, 0.05) is 18.5 Å². The first-order valence-electron chi connectivity index (χ1n) is 7.67. The quantitative estimate of drug-likeness (QED) is 0.768. The van der Waals surface area contributed by atoms with Crippen LogP contribution in [-0.4, -0.2) is 18.5 Å². The molecule has 2 unspecified atom stereocenters. The maximum atomic E-state index is 13.5. The fourth-order valence-corrected chi connectivity index (χ4v) is 2.33. The summed E-state index contributed by atoms with van der Waals surface area (Å²) in [5, 5.41) is 2.99. The molecule has 1 amide bonds. The van der Waals surface area contributed by atoms with Gasteiger partial charge < -0.3 is 11.1 Å². The Bertz CT molecular complexity index is 454. The van der Waals surface area contributed by atoms with E-state index in [2.05, 4.69) is 19.2 Å². The molecule has 0 fully saturated rings. The van der Waals surface area contributed by atoms with Crippen LogP contribution < -0.4 is 11.1 Å². The van der Waals surface area contributed by atoms with Gasteiger partial charge in [-0.25, -0.2) is 4.39 Å². The molecule has 0 bridgehead atoms. The molecular formula is C17H28ClFN2O. The average molecular weight is 331 g/mol. The number of hydrogen-bond donors (Lipinski definition) is 2. The topological polar surface area (TPSA) is 55.1 Å². The molecule has 0 aliphatic rings. The van der Waals surface area contributed by atoms with E-state index in [9.17, 15) is 9.18 Å². The van der Waals surface area contributed by atoms with E-state index in [1.165, 1.54) is 6.07 Å². The SMILES string of the molecule is CC(C)CC(CN)NC(=O)C(C)CCc1ccccc1F.Cl. The molecule has 1 rings (SSSR count). The van der Waals surface area contributed by atoms with Gasteiger partial charge in [0.2, 0.25) is 5.91 Å². The van der Waals surface area contributed by atoms with Crippen molar-refractivity contribution < 1.29 is 9.18 Å². The van der Waals surface area contributed by atoms with E-state index in [1.807, 2.05) is 13.0 Å². The molecule has 0 spiro atoms. The molecule has 2 atom stereocenters. The van der Waals surface area contributed by atoms with Gasteiger partial charge in [0.05, 0.1) is 0 Å². The van der Waals surface area contributed by atoms with Crippen LogP contribution in [0.25, 0.3) is 0 Å². The van der Waals surface area contributed by atoms with Crippen molar-refractivity contribution in [1.82, 2.24) is 5.32 Å². The van der Waals surface area contributed by atoms with Gasteiger partial charge in [0.25, 0.3) is 0 Å². The Hall–Kier alpha value is -1.13. The molecule has 5 heteroatoms. The highest BCUT2D eigenvalue weighted by Gasteiger charge is 2.18. The summed E-state index contributed by atoms with van der Waals surface area (Å²) in [6, 6.07) is 6.73. The van der Waals surface area contributed by atoms with Crippen molar-refractivity contribution >= 4 is 18.3 Å². The number of carbonyl (C=O) groups is 1. The highest BCUT2D eigenvalue weighted by molar-refractivity contribution is 5.85. The highest BCUT2D eigenvalue weighted by Crippen LogP contribution is 2.14. The summed E-state index contributed by atoms with van der Waals surface area (Å²) < 4.78 is 13.5. The maximum absolute atomic E-state index is 13.5. The normalized spacial score (nSPS) is 13.4. The minimum Gasteiger partial charge on any atom is -0.352 e. The van der Waals surface area contributed by atoms with Gasteiger partial charge >= 0.3 is 0 Å². The molecular weight excluding hydrogens is 303 g/mol. The van der Waals surface area contributed by atoms with Gasteiger partial charge in [-0.1, -0.05) is 39.0 Å². The van der Waals surface area contributed by atoms with E-state index in [4.69, 9.17) is 5.73 Å². The van der Waals surface area contributed by atoms with E-state index in [-0.39, 0.29) is 36.1 Å². The van der Waals surface area contributed by atoms with Gasteiger partial charge in [-0.15, -0.1) is 12.4 Å². The number of aryl methyl sites for hydroxylation is 1. The first-order valence-corrected chi connectivity index (χ1v) is 7.67. The number of rotatable bonds is 8. The summed E-state index contributed by atoms with van der Waals surface area (Å²) in [6.45, 7) is 6.54. The number of carbonyl (C=O) groups excluding carboxylic acids is 1. The Morgan fingerprint density at radius 1 is 1.27 bits per heavy atom. The fourth-order valence-electron chi connectivity index (χ4n) is 2.33. The zero-order valence-electron chi connectivity index (χ0n) is 13.6. The van der Waals surface area contributed by atoms with Gasteiger partial charge in [-0.2, -0.15) is 0 Å². The number of benzene rings is 1. The Balaban J connectivity index is 0.00000441. The predicted molar refractivity (Wildman–Crippen MR) is 91.6 cm³/mol. The van der Waals surface area contributed by atoms with Crippen LogP contribution in [0.5, 0.6) is 0 Å². The second kappa shape index (κ2) is 10.6. The lowest BCUT2D eigenvalue weighted by Gasteiger charge is -2.21. The number of nitrogens with one attached hydrogen (secondary N) is 1. The van der Waals surface area contributed by atoms with Crippen molar-refractivity contribution in [3.05, 3.63) is 35.6 Å². The molecule has 3 N–H and O–H groups in total. The highest BCUT2D eigenvalue weighted by atomic mass is 35.5. The lowest BCUT2D eigenvalue weighted by atomic mass is 9.98. The Kier molecular flexibility index (Phi) is 10.0. The predicted octanol–water partition coefficient (Wildman–Crippen LogP) is 3.31. The summed E-state index contributed by atoms with van der Waals surface area (Å²) in [7, 11) is 0. The van der Waals surface area contributed by atoms with E-state index in [1.54, 1.807) is 12.1 Å². The monoisotopic (exact) mass is 330 g/mol. The van der Waals surface area contributed by atoms with Gasteiger partial charge in [0.15, 0.2) is 0 Å². The molecule has 1 aromatic rings. The maximum Gasteiger partial charge on any atom is 0.223 e. The molecule has 0 radical (unpaired) electrons. The minimum atomic E-state index is -0.204. The van der Waals surface area contributed by atoms with Crippen LogP contribution >= 0.6 is 12.4 Å². The Morgan fingerprint density at radius 3 is 2.45 bits per heavy atom. The van der Waals surface area contributed by atoms with Crippen molar-refractivity contribution in [3.63, 3.8) is 0 Å². The lowest BCUT2D eigenvalue weighted by molar-refractivity contribution is -0.125. The fraction of sp³-hybridized carbons (Fsp3) is 0.588. The standard InChI is InChI=1S/C17H27FN2O.ClH/c1-12(2)10-15(11-19)20-17(21)13(3)8-9-14-6-4-5-7-16(14)18;/h4-7,12-13,15H,8-11,19H2,1-3H3,(H,20,21);1H. The van der Waals surface area contributed by atoms with Crippen molar-refractivity contribution in [2.45, 2.75) is 46.1 Å². The molecule has 0 aliphatic carbocycles. The van der Waals surface area contributed by atoms with E-state index in [0.29, 0.717) is 30.9 Å². The van der Waals surface area contributed by atoms with Crippen LogP contribution in [0.4, 0.5) is 4.39 Å². The minimum absolute atomic E-state index is 0. The van der Waals surface area contributed by atoms with Crippen molar-refractivity contribution in [2.24, 2.45) is 17.6 Å². The molecule has 0 aromatic heterocycles. The van der Waals surface area contributed by atoms with E-state index in [0.717, 1.165) is 6.42 Å². The van der Waals surface area contributed by atoms with Crippen LogP contribution in [-0.2, 0) is 11.2 Å². The second-order valence-corrected chi connectivity index (χ2v) is 6.10. The summed E-state index contributed by atoms with van der Waals surface area (Å²) in [5.74, 6) is 0.144. The summed E-state index contributed by atoms with van der Waals surface area (Å²) in [5.41, 5.74) is 6.35. The Morgan fingerprint density at radius 2 is 1.91 bits per heavy atom. The van der Waals surface area contributed by atoms with Crippen molar-refractivity contribution in [3.8, 4) is 0 Å². The van der Waals surface area contributed by atoms with E-state index < -0.39 is 0 Å². The first kappa shape index (κ1) is 20.9. The number of halogens is 2. The van der Waals surface area contributed by atoms with Gasteiger partial charge in [-0.3, -0.25) is 4.79 Å². The molecule has 126 valence electrons. The number of hydrogen-bond acceptors (Lipinski definition) is 2. The summed E-state index contributed by atoms with van der Waals surface area (Å²) in [4.78, 5) is 12.1. The zero-order chi connectivity index (χ0) is 15.8. The molecule has 0 heterocycles. The van der Waals surface area contributed by atoms with Crippen LogP contribution in [0.2, 0.25) is 0 Å². The number of nitrogens with two attached hydrogens (primary N) is 1. The zero-order valence-corrected chi connectivity index (χ0v) is 14.5. The Labute approximate surface area is 139 Å². The molecule has 0 aliphatic heterocycles. The van der Waals surface area contributed by atoms with Crippen LogP contribution in [0.3, 0.4) is 0 Å². The van der Waals surface area contributed by atoms with Gasteiger partial charge in [0.1, 0.15) is 5.82 Å². The van der Waals surface area contributed by atoms with Crippen molar-refractivity contribution in [2.75, 3.05) is 6.54 Å². The average Bonchev–Trinajstić information content (AvgIpc) is 2.44. The third-order valence-electron chi connectivity index (χ3n) is 3.64. The number of amides is 1. The smallest absolute Gasteiger partial charge is 0.223 e. The first-order chi connectivity index (χ1) is 9.93. The van der Waals surface area contributed by atoms with Crippen LogP contribution in [0, 0.1) is 17.7 Å². The molecule has 22 heavy (non-hydrogen) atoms. The van der Waals surface area contributed by atoms with Gasteiger partial charge in [-0.05, 0) is 36.8 Å². The molecule has 1 aromatic carbocycles. The molecule has 3 nitrogen and oxygen atoms in total. The third-order valence-corrected chi connectivity index (χ3v) is 3.64. The van der Waals surface area contributed by atoms with Crippen LogP contribution in [0.1, 0.15) is 39.2 Å². The van der Waals surface area contributed by atoms with Crippen LogP contribution in [0.15, 0.2) is 24.3 Å². The third kappa shape index (κ3) is 7.23. The molecule has 0 saturated carbocycles.